The van der Waals surface area contributed by atoms with Gasteiger partial charge in [0, 0.05) is 51.4 Å². The first kappa shape index (κ1) is 40.7. The topological polar surface area (TPSA) is 225 Å². The minimum atomic E-state index is -4.27. The third-order valence-electron chi connectivity index (χ3n) is 10.4. The van der Waals surface area contributed by atoms with Gasteiger partial charge in [0.1, 0.15) is 41.7 Å². The zero-order valence-electron chi connectivity index (χ0n) is 31.8. The second-order valence-corrected chi connectivity index (χ2v) is 16.0. The van der Waals surface area contributed by atoms with Crippen molar-refractivity contribution in [2.45, 2.75) is 31.5 Å². The van der Waals surface area contributed by atoms with Crippen LogP contribution in [0.4, 0.5) is 30.5 Å². The Morgan fingerprint density at radius 3 is 2.34 bits per heavy atom. The Labute approximate surface area is 344 Å². The van der Waals surface area contributed by atoms with Crippen LogP contribution < -0.4 is 35.5 Å². The average Bonchev–Trinajstić information content (AvgIpc) is 3.70. The van der Waals surface area contributed by atoms with Gasteiger partial charge in [-0.1, -0.05) is 0 Å². The number of hydrogen-bond acceptors (Lipinski definition) is 13. The van der Waals surface area contributed by atoms with Crippen molar-refractivity contribution in [3.05, 3.63) is 100 Å². The van der Waals surface area contributed by atoms with Crippen molar-refractivity contribution in [2.75, 3.05) is 53.8 Å². The Hall–Kier alpha value is -7.12. The van der Waals surface area contributed by atoms with Crippen molar-refractivity contribution in [1.29, 1.82) is 5.26 Å². The number of aromatic nitrogens is 4. The first-order chi connectivity index (χ1) is 29.3. The van der Waals surface area contributed by atoms with E-state index in [4.69, 9.17) is 4.74 Å². The molecule has 8 rings (SSSR count). The van der Waals surface area contributed by atoms with E-state index in [-0.39, 0.29) is 65.9 Å². The molecule has 3 aliphatic rings. The normalized spacial score (nSPS) is 18.5. The van der Waals surface area contributed by atoms with Gasteiger partial charge in [0.15, 0.2) is 11.6 Å². The van der Waals surface area contributed by atoms with Gasteiger partial charge in [0.25, 0.3) is 11.5 Å². The number of carbonyl (C=O) groups is 3. The summed E-state index contributed by atoms with van der Waals surface area (Å²) in [6.45, 7) is 1.42. The highest BCUT2D eigenvalue weighted by atomic mass is 32.2. The predicted octanol–water partition coefficient (Wildman–Crippen LogP) is 2.68. The number of halogens is 3. The van der Waals surface area contributed by atoms with Crippen LogP contribution in [0.5, 0.6) is 11.5 Å². The largest absolute Gasteiger partial charge is 0.453 e. The van der Waals surface area contributed by atoms with Gasteiger partial charge in [-0.05, 0) is 61.4 Å². The van der Waals surface area contributed by atoms with Crippen molar-refractivity contribution in [1.82, 2.24) is 34.5 Å². The molecule has 61 heavy (non-hydrogen) atoms. The summed E-state index contributed by atoms with van der Waals surface area (Å²) in [7, 11) is -4.27. The molecule has 0 aliphatic carbocycles. The second kappa shape index (κ2) is 16.5. The average molecular weight is 858 g/mol. The van der Waals surface area contributed by atoms with E-state index >= 15 is 8.78 Å². The number of piperazine rings is 1. The Kier molecular flexibility index (Phi) is 11.0. The van der Waals surface area contributed by atoms with Gasteiger partial charge in [0.05, 0.1) is 40.2 Å². The Bertz CT molecular complexity index is 2800. The molecule has 5 heterocycles. The van der Waals surface area contributed by atoms with Crippen molar-refractivity contribution in [3.8, 4) is 23.3 Å². The fourth-order valence-electron chi connectivity index (χ4n) is 7.15. The number of imide groups is 1. The fourth-order valence-corrected chi connectivity index (χ4v) is 8.43. The standard InChI is InChI=1S/C39H34F3N11O7S/c40-22-9-10-52(20-22)61(58,59)49-32-6-4-29(41)35(28(32)17-43)60-25-2-5-31-27(16-25)38(57)53(21-46-31)24-18-44-39(45-19-24)51-13-11-50(12-14-51)23-1-3-26(30(42)15-23)36(55)47-33-7-8-34(54)48-37(33)56/h1-6,15-16,18-19,21-22,33,49H,7-14,20H2,(H,47,55)(H,48,54,56)/t22-,33?/m1/s1. The number of alkyl halides is 1. The van der Waals surface area contributed by atoms with Crippen LogP contribution in [-0.4, -0.2) is 101 Å². The van der Waals surface area contributed by atoms with Gasteiger partial charge in [-0.3, -0.25) is 33.8 Å². The van der Waals surface area contributed by atoms with Gasteiger partial charge < -0.3 is 19.9 Å². The summed E-state index contributed by atoms with van der Waals surface area (Å²) in [5, 5.41) is 14.6. The number of fused-ring (bicyclic) bond motifs is 1. The number of ether oxygens (including phenoxy) is 1. The summed E-state index contributed by atoms with van der Waals surface area (Å²) in [5.74, 6) is -3.86. The maximum absolute atomic E-state index is 15.1. The van der Waals surface area contributed by atoms with Gasteiger partial charge in [-0.15, -0.1) is 0 Å². The zero-order chi connectivity index (χ0) is 43.0. The molecule has 314 valence electrons. The first-order valence-electron chi connectivity index (χ1n) is 18.9. The first-order valence-corrected chi connectivity index (χ1v) is 20.3. The Balaban J connectivity index is 0.929. The van der Waals surface area contributed by atoms with Crippen LogP contribution in [0.15, 0.2) is 72.0 Å². The lowest BCUT2D eigenvalue weighted by Gasteiger charge is -2.36. The number of hydrogen-bond donors (Lipinski definition) is 3. The van der Waals surface area contributed by atoms with Gasteiger partial charge in [-0.25, -0.2) is 28.1 Å². The summed E-state index contributed by atoms with van der Waals surface area (Å²) < 4.78 is 79.7. The number of benzene rings is 3. The third-order valence-corrected chi connectivity index (χ3v) is 11.9. The van der Waals surface area contributed by atoms with E-state index in [1.165, 1.54) is 53.6 Å². The minimum Gasteiger partial charge on any atom is -0.453 e. The van der Waals surface area contributed by atoms with Crippen LogP contribution in [0, 0.1) is 23.0 Å². The second-order valence-electron chi connectivity index (χ2n) is 14.3. The lowest BCUT2D eigenvalue weighted by atomic mass is 10.1. The van der Waals surface area contributed by atoms with Crippen LogP contribution in [0.1, 0.15) is 35.2 Å². The molecule has 3 aromatic carbocycles. The van der Waals surface area contributed by atoms with E-state index in [2.05, 4.69) is 30.3 Å². The lowest BCUT2D eigenvalue weighted by molar-refractivity contribution is -0.134. The van der Waals surface area contributed by atoms with E-state index in [1.54, 1.807) is 12.1 Å². The summed E-state index contributed by atoms with van der Waals surface area (Å²) in [6.07, 6.45) is 3.05. The molecule has 0 spiro atoms. The summed E-state index contributed by atoms with van der Waals surface area (Å²) in [6, 6.07) is 11.1. The molecule has 5 aromatic rings. The van der Waals surface area contributed by atoms with E-state index in [1.807, 2.05) is 9.80 Å². The van der Waals surface area contributed by atoms with E-state index in [9.17, 15) is 37.2 Å². The maximum atomic E-state index is 15.1. The molecule has 3 saturated heterocycles. The van der Waals surface area contributed by atoms with Crippen molar-refractivity contribution < 1.29 is 40.7 Å². The quantitative estimate of drug-likeness (QED) is 0.172. The molecule has 2 aromatic heterocycles. The molecule has 0 radical (unpaired) electrons. The van der Waals surface area contributed by atoms with Crippen LogP contribution >= 0.6 is 0 Å². The monoisotopic (exact) mass is 857 g/mol. The van der Waals surface area contributed by atoms with Crippen molar-refractivity contribution >= 4 is 56.2 Å². The van der Waals surface area contributed by atoms with Crippen LogP contribution in [-0.2, 0) is 19.8 Å². The Morgan fingerprint density at radius 1 is 0.902 bits per heavy atom. The highest BCUT2D eigenvalue weighted by Crippen LogP contribution is 2.35. The van der Waals surface area contributed by atoms with E-state index < -0.39 is 68.7 Å². The molecule has 3 N–H and O–H groups in total. The molecule has 0 saturated carbocycles. The fraction of sp³-hybridized carbons (Fsp3) is 0.282. The third kappa shape index (κ3) is 8.37. The van der Waals surface area contributed by atoms with Crippen LogP contribution in [0.2, 0.25) is 0 Å². The number of nitrogens with one attached hydrogen (secondary N) is 3. The van der Waals surface area contributed by atoms with E-state index in [0.717, 1.165) is 16.4 Å². The highest BCUT2D eigenvalue weighted by molar-refractivity contribution is 7.90. The SMILES string of the molecule is N#Cc1c(NS(=O)(=O)N2CC[C@@H](F)C2)ccc(F)c1Oc1ccc2ncn(-c3cnc(N4CCN(c5ccc(C(=O)NC6CCC(=O)NC6=O)c(F)c5)CC4)nc3)c(=O)c2c1. The number of rotatable bonds is 10. The zero-order valence-corrected chi connectivity index (χ0v) is 32.7. The number of anilines is 3. The molecule has 22 heteroatoms. The van der Waals surface area contributed by atoms with Crippen molar-refractivity contribution in [2.24, 2.45) is 0 Å². The predicted molar refractivity (Wildman–Crippen MR) is 212 cm³/mol. The van der Waals surface area contributed by atoms with Crippen LogP contribution in [0.3, 0.4) is 0 Å². The lowest BCUT2D eigenvalue weighted by Crippen LogP contribution is -2.52. The molecular formula is C39H34F3N11O7S. The van der Waals surface area contributed by atoms with Gasteiger partial charge >= 0.3 is 10.2 Å². The summed E-state index contributed by atoms with van der Waals surface area (Å²) in [5.41, 5.74) is -0.440. The summed E-state index contributed by atoms with van der Waals surface area (Å²) >= 11 is 0. The maximum Gasteiger partial charge on any atom is 0.301 e. The number of piperidine rings is 1. The number of nitrogens with zero attached hydrogens (tertiary/aromatic N) is 8. The number of carbonyl (C=O) groups excluding carboxylic acids is 3. The number of nitriles is 1. The molecule has 0 bridgehead atoms. The van der Waals surface area contributed by atoms with Gasteiger partial charge in [0.2, 0.25) is 17.8 Å². The molecule has 3 aliphatic heterocycles. The van der Waals surface area contributed by atoms with Crippen LogP contribution in [0.25, 0.3) is 16.6 Å². The minimum absolute atomic E-state index is 0.0203. The molecule has 1 unspecified atom stereocenters. The molecule has 18 nitrogen and oxygen atoms in total. The smallest absolute Gasteiger partial charge is 0.301 e. The van der Waals surface area contributed by atoms with E-state index in [0.29, 0.717) is 37.8 Å². The molecular weight excluding hydrogens is 824 g/mol. The van der Waals surface area contributed by atoms with Gasteiger partial charge in [-0.2, -0.15) is 18.0 Å². The Morgan fingerprint density at radius 2 is 1.66 bits per heavy atom. The van der Waals surface area contributed by atoms with Crippen molar-refractivity contribution in [3.63, 3.8) is 0 Å². The molecule has 3 amide bonds. The highest BCUT2D eigenvalue weighted by Gasteiger charge is 2.33. The molecule has 3 fully saturated rings. The summed E-state index contributed by atoms with van der Waals surface area (Å²) in [4.78, 5) is 66.9. The number of amides is 3. The molecule has 2 atom stereocenters.